The van der Waals surface area contributed by atoms with Crippen LogP contribution in [0.1, 0.15) is 96.0 Å². The maximum absolute atomic E-state index is 14.5. The lowest BCUT2D eigenvalue weighted by atomic mass is 9.84. The number of carbonyl (C=O) groups is 4. The summed E-state index contributed by atoms with van der Waals surface area (Å²) in [6.07, 6.45) is 5.61. The van der Waals surface area contributed by atoms with Gasteiger partial charge in [0.25, 0.3) is 11.8 Å². The zero-order valence-corrected chi connectivity index (χ0v) is 45.2. The van der Waals surface area contributed by atoms with E-state index in [4.69, 9.17) is 24.2 Å². The lowest BCUT2D eigenvalue weighted by molar-refractivity contribution is -0.155. The third kappa shape index (κ3) is 11.4. The Balaban J connectivity index is 0.00000268. The Labute approximate surface area is 436 Å². The summed E-state index contributed by atoms with van der Waals surface area (Å²) in [5.74, 6) is 4.75. The number of hydrogen-bond donors (Lipinski definition) is 2. The Morgan fingerprint density at radius 1 is 1.09 bits per heavy atom. The SMILES string of the molecule is CCn1c(-c2cccnc2[C@H](C)OC)c2c3cc(ccc31)-c1csc(n1)C[C@H](NC(=O)C1(COC3CN(C(=O)C#CC(C)(C)N4CCC4)C3)CC1)C(=O)N1CCC[C@H](N1)C(=O)OCC(C)(C)C2.S.S.S. The zero-order chi connectivity index (χ0) is 47.3. The average molecular weight is 1040 g/mol. The molecular formula is C51H70N8O7S4. The molecule has 4 aliphatic heterocycles. The van der Waals surface area contributed by atoms with E-state index in [0.717, 1.165) is 64.2 Å². The number of benzene rings is 1. The summed E-state index contributed by atoms with van der Waals surface area (Å²) in [5.41, 5.74) is 8.36. The van der Waals surface area contributed by atoms with Crippen molar-refractivity contribution < 1.29 is 33.4 Å². The zero-order valence-electron chi connectivity index (χ0n) is 41.4. The minimum Gasteiger partial charge on any atom is -0.464 e. The van der Waals surface area contributed by atoms with Crippen LogP contribution in [-0.4, -0.2) is 130 Å². The summed E-state index contributed by atoms with van der Waals surface area (Å²) in [6.45, 7) is 16.7. The largest absolute Gasteiger partial charge is 0.464 e. The molecule has 0 spiro atoms. The number of nitrogens with one attached hydrogen (secondary N) is 2. The number of rotatable bonds is 10. The Kier molecular flexibility index (Phi) is 17.6. The van der Waals surface area contributed by atoms with Crippen LogP contribution >= 0.6 is 51.8 Å². The van der Waals surface area contributed by atoms with Crippen LogP contribution in [0.3, 0.4) is 0 Å². The van der Waals surface area contributed by atoms with Gasteiger partial charge in [0.1, 0.15) is 12.1 Å². The topological polar surface area (TPSA) is 160 Å². The molecule has 3 amide bonds. The maximum atomic E-state index is 14.5. The molecule has 380 valence electrons. The molecule has 4 fully saturated rings. The molecule has 70 heavy (non-hydrogen) atoms. The molecule has 1 saturated carbocycles. The number of nitrogens with zero attached hydrogens (tertiary/aromatic N) is 6. The van der Waals surface area contributed by atoms with Crippen LogP contribution in [0.2, 0.25) is 0 Å². The number of hydrogen-bond acceptors (Lipinski definition) is 12. The molecular weight excluding hydrogens is 965 g/mol. The van der Waals surface area contributed by atoms with Gasteiger partial charge < -0.3 is 29.0 Å². The fraction of sp³-hybridized carbons (Fsp3) is 0.569. The lowest BCUT2D eigenvalue weighted by Crippen LogP contribution is -2.61. The van der Waals surface area contributed by atoms with E-state index in [-0.39, 0.29) is 95.6 Å². The fourth-order valence-electron chi connectivity index (χ4n) is 9.69. The first-order chi connectivity index (χ1) is 32.1. The van der Waals surface area contributed by atoms with E-state index in [1.54, 1.807) is 18.2 Å². The smallest absolute Gasteiger partial charge is 0.324 e. The van der Waals surface area contributed by atoms with E-state index >= 15 is 0 Å². The molecule has 19 heteroatoms. The van der Waals surface area contributed by atoms with Crippen LogP contribution < -0.4 is 10.7 Å². The van der Waals surface area contributed by atoms with Crippen LogP contribution in [-0.2, 0) is 52.8 Å². The monoisotopic (exact) mass is 1030 g/mol. The van der Waals surface area contributed by atoms with Crippen LogP contribution in [0, 0.1) is 22.7 Å². The standard InChI is InChI=1S/C51H64N8O7S.3H2S/c1-8-58-41-15-14-33-24-36(41)37(45(58)35-12-9-20-52-44(35)32(2)64-7)26-49(3,4)30-66-47(62)38-13-10-23-59(55-38)46(61)39(25-42-53-40(33)29-67-42)54-48(63)51(18-19-51)31-65-34-27-56(28-34)43(60)16-17-50(5,6)57-21-11-22-57;;;/h9,12,14-15,20,24,29,32,34,38-39,55H,8,10-11,13,18-19,21-23,25-28,30-31H2,1-7H3,(H,54,63);3*1H2/t32-,38-,39-;;;/m0.../s1. The van der Waals surface area contributed by atoms with E-state index in [1.165, 1.54) is 16.3 Å². The molecule has 0 radical (unpaired) electrons. The van der Waals surface area contributed by atoms with Crippen molar-refractivity contribution in [1.82, 2.24) is 40.1 Å². The van der Waals surface area contributed by atoms with Gasteiger partial charge in [-0.1, -0.05) is 25.8 Å². The van der Waals surface area contributed by atoms with Gasteiger partial charge in [0, 0.05) is 91.8 Å². The van der Waals surface area contributed by atoms with Crippen molar-refractivity contribution in [3.63, 3.8) is 0 Å². The first-order valence-corrected chi connectivity index (χ1v) is 24.8. The predicted molar refractivity (Wildman–Crippen MR) is 286 cm³/mol. The number of amides is 3. The summed E-state index contributed by atoms with van der Waals surface area (Å²) in [4.78, 5) is 69.3. The quantitative estimate of drug-likeness (QED) is 0.141. The number of thiazole rings is 1. The van der Waals surface area contributed by atoms with Crippen molar-refractivity contribution in [2.75, 3.05) is 53.0 Å². The number of methoxy groups -OCH3 is 1. The van der Waals surface area contributed by atoms with Gasteiger partial charge in [0.05, 0.1) is 58.5 Å². The van der Waals surface area contributed by atoms with Crippen molar-refractivity contribution in [2.24, 2.45) is 10.8 Å². The highest BCUT2D eigenvalue weighted by atomic mass is 32.1. The molecule has 7 heterocycles. The lowest BCUT2D eigenvalue weighted by Gasteiger charge is -2.41. The molecule has 3 aromatic heterocycles. The highest BCUT2D eigenvalue weighted by Gasteiger charge is 2.52. The fourth-order valence-corrected chi connectivity index (χ4v) is 10.5. The Morgan fingerprint density at radius 2 is 1.84 bits per heavy atom. The van der Waals surface area contributed by atoms with Gasteiger partial charge in [0.15, 0.2) is 0 Å². The number of likely N-dealkylation sites (tertiary alicyclic amines) is 2. The Morgan fingerprint density at radius 3 is 2.53 bits per heavy atom. The van der Waals surface area contributed by atoms with Crippen molar-refractivity contribution in [1.29, 1.82) is 0 Å². The number of ether oxygens (including phenoxy) is 3. The molecule has 4 aromatic rings. The number of carbonyl (C=O) groups excluding carboxylic acids is 4. The van der Waals surface area contributed by atoms with Gasteiger partial charge in [-0.2, -0.15) is 40.5 Å². The maximum Gasteiger partial charge on any atom is 0.324 e. The molecule has 15 nitrogen and oxygen atoms in total. The van der Waals surface area contributed by atoms with Crippen molar-refractivity contribution >= 4 is 86.4 Å². The van der Waals surface area contributed by atoms with Gasteiger partial charge in [-0.25, -0.2) is 10.4 Å². The van der Waals surface area contributed by atoms with Gasteiger partial charge in [-0.15, -0.1) is 11.3 Å². The van der Waals surface area contributed by atoms with Crippen molar-refractivity contribution in [2.45, 2.75) is 123 Å². The predicted octanol–water partition coefficient (Wildman–Crippen LogP) is 6.04. The summed E-state index contributed by atoms with van der Waals surface area (Å²) in [7, 11) is 1.69. The second kappa shape index (κ2) is 22.3. The van der Waals surface area contributed by atoms with E-state index in [2.05, 4.69) is 77.1 Å². The average Bonchev–Trinajstić information content (AvgIpc) is 3.83. The first kappa shape index (κ1) is 55.2. The molecule has 5 aliphatic rings. The molecule has 2 N–H and O–H groups in total. The molecule has 1 aromatic carbocycles. The molecule has 3 atom stereocenters. The molecule has 9 rings (SSSR count). The van der Waals surface area contributed by atoms with E-state index in [1.807, 2.05) is 32.2 Å². The second-order valence-electron chi connectivity index (χ2n) is 20.3. The number of aromatic nitrogens is 3. The first-order valence-electron chi connectivity index (χ1n) is 23.9. The normalized spacial score (nSPS) is 21.5. The number of pyridine rings is 1. The van der Waals surface area contributed by atoms with Gasteiger partial charge in [-0.3, -0.25) is 34.1 Å². The summed E-state index contributed by atoms with van der Waals surface area (Å²) in [5, 5.41) is 8.37. The third-order valence-corrected chi connectivity index (χ3v) is 15.2. The van der Waals surface area contributed by atoms with E-state index in [0.29, 0.717) is 63.3 Å². The number of fused-ring (bicyclic) bond motifs is 6. The number of esters is 1. The minimum absolute atomic E-state index is 0. The van der Waals surface area contributed by atoms with Gasteiger partial charge >= 0.3 is 5.97 Å². The molecule has 6 bridgehead atoms. The summed E-state index contributed by atoms with van der Waals surface area (Å²) >= 11 is 1.45. The highest BCUT2D eigenvalue weighted by molar-refractivity contribution is 7.59. The summed E-state index contributed by atoms with van der Waals surface area (Å²) < 4.78 is 20.5. The Hall–Kier alpha value is -4.13. The summed E-state index contributed by atoms with van der Waals surface area (Å²) in [6, 6.07) is 8.80. The minimum atomic E-state index is -0.960. The Bertz CT molecular complexity index is 2630. The van der Waals surface area contributed by atoms with Gasteiger partial charge in [-0.05, 0) is 102 Å². The van der Waals surface area contributed by atoms with E-state index in [9.17, 15) is 19.2 Å². The highest BCUT2D eigenvalue weighted by Crippen LogP contribution is 2.47. The van der Waals surface area contributed by atoms with E-state index < -0.39 is 28.9 Å². The number of hydrazine groups is 1. The van der Waals surface area contributed by atoms with Crippen molar-refractivity contribution in [3.8, 4) is 34.4 Å². The van der Waals surface area contributed by atoms with Crippen molar-refractivity contribution in [3.05, 3.63) is 58.2 Å². The second-order valence-corrected chi connectivity index (χ2v) is 21.3. The molecule has 0 unspecified atom stereocenters. The van der Waals surface area contributed by atoms with Crippen LogP contribution in [0.25, 0.3) is 33.4 Å². The van der Waals surface area contributed by atoms with Crippen LogP contribution in [0.5, 0.6) is 0 Å². The third-order valence-electron chi connectivity index (χ3n) is 14.3. The van der Waals surface area contributed by atoms with Crippen LogP contribution in [0.4, 0.5) is 0 Å². The number of cyclic esters (lactones) is 1. The van der Waals surface area contributed by atoms with Crippen LogP contribution in [0.15, 0.2) is 41.9 Å². The van der Waals surface area contributed by atoms with Gasteiger partial charge in [0.2, 0.25) is 5.91 Å². The molecule has 3 saturated heterocycles. The number of aryl methyl sites for hydroxylation is 1. The molecule has 1 aliphatic carbocycles.